The fourth-order valence-electron chi connectivity index (χ4n) is 3.07. The molecule has 0 fully saturated rings. The quantitative estimate of drug-likeness (QED) is 0.567. The number of aliphatic hydroxyl groups excluding tert-OH is 1. The minimum absolute atomic E-state index is 0.0320. The van der Waals surface area contributed by atoms with Crippen LogP contribution in [0, 0.1) is 0 Å². The molecule has 0 saturated heterocycles. The second-order valence-corrected chi connectivity index (χ2v) is 7.40. The van der Waals surface area contributed by atoms with Gasteiger partial charge in [-0.05, 0) is 61.7 Å². The van der Waals surface area contributed by atoms with Gasteiger partial charge in [0.1, 0.15) is 5.60 Å². The molecule has 0 aliphatic heterocycles. The van der Waals surface area contributed by atoms with Crippen molar-refractivity contribution in [3.63, 3.8) is 0 Å². The summed E-state index contributed by atoms with van der Waals surface area (Å²) < 4.78 is 1.80. The molecular formula is C21H22Cl2N2O2. The van der Waals surface area contributed by atoms with E-state index >= 15 is 0 Å². The zero-order chi connectivity index (χ0) is 19.4. The van der Waals surface area contributed by atoms with Crippen LogP contribution < -0.4 is 0 Å². The third-order valence-corrected chi connectivity index (χ3v) is 5.23. The molecule has 142 valence electrons. The number of halogens is 2. The minimum Gasteiger partial charge on any atom is -0.396 e. The number of nitrogens with zero attached hydrogens (tertiary/aromatic N) is 2. The second kappa shape index (κ2) is 8.44. The Morgan fingerprint density at radius 2 is 1.59 bits per heavy atom. The molecule has 27 heavy (non-hydrogen) atoms. The molecule has 0 saturated carbocycles. The first-order valence-corrected chi connectivity index (χ1v) is 9.68. The van der Waals surface area contributed by atoms with Crippen molar-refractivity contribution in [2.75, 3.05) is 6.61 Å². The molecule has 1 heterocycles. The van der Waals surface area contributed by atoms with Crippen LogP contribution in [0.25, 0.3) is 16.9 Å². The Balaban J connectivity index is 2.13. The van der Waals surface area contributed by atoms with Crippen LogP contribution in [0.1, 0.15) is 31.9 Å². The van der Waals surface area contributed by atoms with E-state index in [1.807, 2.05) is 61.5 Å². The normalized spacial score (nSPS) is 13.5. The summed E-state index contributed by atoms with van der Waals surface area (Å²) in [6.45, 7) is 1.95. The van der Waals surface area contributed by atoms with Gasteiger partial charge in [-0.25, -0.2) is 4.68 Å². The summed E-state index contributed by atoms with van der Waals surface area (Å²) in [7, 11) is 0. The minimum atomic E-state index is -1.10. The van der Waals surface area contributed by atoms with Gasteiger partial charge in [0.05, 0.1) is 17.1 Å². The molecule has 1 atom stereocenters. The van der Waals surface area contributed by atoms with E-state index in [1.165, 1.54) is 0 Å². The smallest absolute Gasteiger partial charge is 0.108 e. The first-order chi connectivity index (χ1) is 13.0. The lowest BCUT2D eigenvalue weighted by Gasteiger charge is -2.24. The van der Waals surface area contributed by atoms with Crippen molar-refractivity contribution in [1.29, 1.82) is 0 Å². The maximum absolute atomic E-state index is 11.1. The number of hydrogen-bond acceptors (Lipinski definition) is 3. The highest BCUT2D eigenvalue weighted by Crippen LogP contribution is 2.34. The lowest BCUT2D eigenvalue weighted by atomic mass is 9.90. The summed E-state index contributed by atoms with van der Waals surface area (Å²) in [6, 6.07) is 16.8. The molecule has 0 radical (unpaired) electrons. The molecule has 0 bridgehead atoms. The maximum atomic E-state index is 11.1. The molecular weight excluding hydrogens is 383 g/mol. The first kappa shape index (κ1) is 19.9. The average molecular weight is 405 g/mol. The molecule has 2 aromatic carbocycles. The fraction of sp³-hybridized carbons (Fsp3) is 0.286. The lowest BCUT2D eigenvalue weighted by molar-refractivity contribution is 0.0125. The van der Waals surface area contributed by atoms with Crippen molar-refractivity contribution in [1.82, 2.24) is 9.78 Å². The Hall–Kier alpha value is -1.85. The van der Waals surface area contributed by atoms with Gasteiger partial charge in [-0.3, -0.25) is 0 Å². The average Bonchev–Trinajstić information content (AvgIpc) is 3.13. The van der Waals surface area contributed by atoms with Gasteiger partial charge < -0.3 is 10.2 Å². The highest BCUT2D eigenvalue weighted by Gasteiger charge is 2.31. The van der Waals surface area contributed by atoms with E-state index in [0.29, 0.717) is 35.0 Å². The van der Waals surface area contributed by atoms with E-state index in [2.05, 4.69) is 0 Å². The molecule has 3 rings (SSSR count). The van der Waals surface area contributed by atoms with Crippen LogP contribution in [-0.2, 0) is 5.60 Å². The first-order valence-electron chi connectivity index (χ1n) is 8.92. The van der Waals surface area contributed by atoms with Gasteiger partial charge in [0.2, 0.25) is 0 Å². The Morgan fingerprint density at radius 1 is 1.00 bits per heavy atom. The number of aliphatic hydroxyl groups is 2. The monoisotopic (exact) mass is 404 g/mol. The number of benzene rings is 2. The molecule has 0 aliphatic carbocycles. The van der Waals surface area contributed by atoms with Crippen molar-refractivity contribution in [3.05, 3.63) is 70.3 Å². The van der Waals surface area contributed by atoms with Crippen LogP contribution in [0.5, 0.6) is 0 Å². The topological polar surface area (TPSA) is 58.3 Å². The van der Waals surface area contributed by atoms with Crippen molar-refractivity contribution in [2.45, 2.75) is 31.8 Å². The van der Waals surface area contributed by atoms with Crippen LogP contribution in [0.15, 0.2) is 54.6 Å². The summed E-state index contributed by atoms with van der Waals surface area (Å²) in [4.78, 5) is 0. The lowest BCUT2D eigenvalue weighted by Crippen LogP contribution is -2.26. The molecule has 2 N–H and O–H groups in total. The molecule has 4 nitrogen and oxygen atoms in total. The van der Waals surface area contributed by atoms with E-state index in [1.54, 1.807) is 4.68 Å². The van der Waals surface area contributed by atoms with Crippen LogP contribution in [0.4, 0.5) is 0 Å². The maximum Gasteiger partial charge on any atom is 0.108 e. The van der Waals surface area contributed by atoms with E-state index in [-0.39, 0.29) is 6.61 Å². The summed E-state index contributed by atoms with van der Waals surface area (Å²) in [5, 5.41) is 26.3. The van der Waals surface area contributed by atoms with Crippen molar-refractivity contribution in [2.24, 2.45) is 0 Å². The van der Waals surface area contributed by atoms with Crippen molar-refractivity contribution >= 4 is 23.2 Å². The Bertz CT molecular complexity index is 829. The second-order valence-electron chi connectivity index (χ2n) is 6.52. The van der Waals surface area contributed by atoms with Gasteiger partial charge in [0.15, 0.2) is 0 Å². The van der Waals surface area contributed by atoms with E-state index in [4.69, 9.17) is 28.3 Å². The predicted molar refractivity (Wildman–Crippen MR) is 110 cm³/mol. The van der Waals surface area contributed by atoms with Gasteiger partial charge >= 0.3 is 0 Å². The summed E-state index contributed by atoms with van der Waals surface area (Å²) >= 11 is 12.1. The highest BCUT2D eigenvalue weighted by atomic mass is 35.5. The van der Waals surface area contributed by atoms with Crippen LogP contribution >= 0.6 is 23.2 Å². The summed E-state index contributed by atoms with van der Waals surface area (Å²) in [5.74, 6) is 0. The Labute approximate surface area is 169 Å². The van der Waals surface area contributed by atoms with Crippen LogP contribution in [0.2, 0.25) is 10.0 Å². The Morgan fingerprint density at radius 3 is 2.15 bits per heavy atom. The molecule has 0 spiro atoms. The summed E-state index contributed by atoms with van der Waals surface area (Å²) in [6.07, 6.45) is 1.46. The molecule has 1 unspecified atom stereocenters. The molecule has 1 aromatic heterocycles. The van der Waals surface area contributed by atoms with Gasteiger partial charge in [-0.2, -0.15) is 5.10 Å². The van der Waals surface area contributed by atoms with E-state index in [0.717, 1.165) is 16.9 Å². The standard InChI is InChI=1S/C21H22Cl2N2O2/c1-2-21(27,12-3-13-26)20-14-19(15-4-6-16(22)7-5-15)25(24-20)18-10-8-17(23)9-11-18/h4-11,14,26-27H,2-3,12-13H2,1H3. The zero-order valence-corrected chi connectivity index (χ0v) is 16.6. The van der Waals surface area contributed by atoms with Crippen molar-refractivity contribution < 1.29 is 10.2 Å². The van der Waals surface area contributed by atoms with Crippen molar-refractivity contribution in [3.8, 4) is 16.9 Å². The number of rotatable bonds is 7. The van der Waals surface area contributed by atoms with E-state index < -0.39 is 5.60 Å². The highest BCUT2D eigenvalue weighted by molar-refractivity contribution is 6.30. The Kier molecular flexibility index (Phi) is 6.22. The van der Waals surface area contributed by atoms with Gasteiger partial charge in [0, 0.05) is 22.2 Å². The third-order valence-electron chi connectivity index (χ3n) is 4.73. The van der Waals surface area contributed by atoms with Crippen LogP contribution in [0.3, 0.4) is 0 Å². The third kappa shape index (κ3) is 4.36. The molecule has 3 aromatic rings. The SMILES string of the molecule is CCC(O)(CCCO)c1cc(-c2ccc(Cl)cc2)n(-c2ccc(Cl)cc2)n1. The number of hydrogen-bond donors (Lipinski definition) is 2. The summed E-state index contributed by atoms with van der Waals surface area (Å²) in [5.41, 5.74) is 2.12. The molecule has 0 amide bonds. The largest absolute Gasteiger partial charge is 0.396 e. The van der Waals surface area contributed by atoms with E-state index in [9.17, 15) is 10.2 Å². The fourth-order valence-corrected chi connectivity index (χ4v) is 3.32. The predicted octanol–water partition coefficient (Wildman–Crippen LogP) is 5.22. The zero-order valence-electron chi connectivity index (χ0n) is 15.1. The number of aromatic nitrogens is 2. The van der Waals surface area contributed by atoms with Gasteiger partial charge in [-0.15, -0.1) is 0 Å². The van der Waals surface area contributed by atoms with Gasteiger partial charge in [0.25, 0.3) is 0 Å². The van der Waals surface area contributed by atoms with Gasteiger partial charge in [-0.1, -0.05) is 42.3 Å². The molecule has 0 aliphatic rings. The molecule has 6 heteroatoms. The van der Waals surface area contributed by atoms with Crippen LogP contribution in [-0.4, -0.2) is 26.6 Å².